The minimum absolute atomic E-state index is 0.602. The molecule has 5 heteroatoms. The van der Waals surface area contributed by atoms with Gasteiger partial charge in [0.25, 0.3) is 0 Å². The van der Waals surface area contributed by atoms with Crippen molar-refractivity contribution in [3.05, 3.63) is 59.4 Å². The molecule has 1 fully saturated rings. The highest BCUT2D eigenvalue weighted by molar-refractivity contribution is 5.79. The standard InChI is InChI=1S/C22H30N4O/c1-3-24-22(25-13-11-19-10-12-23-14-17(19)2)26-15-20-6-4-5-7-21(20)27-16-18-8-9-18/h4-7,10,12,14,18H,3,8-9,11,13,15-16H2,1-2H3,(H2,24,25,26). The molecule has 5 nitrogen and oxygen atoms in total. The third-order valence-corrected chi connectivity index (χ3v) is 4.72. The summed E-state index contributed by atoms with van der Waals surface area (Å²) in [7, 11) is 0. The number of pyridine rings is 1. The summed E-state index contributed by atoms with van der Waals surface area (Å²) < 4.78 is 5.99. The summed E-state index contributed by atoms with van der Waals surface area (Å²) >= 11 is 0. The van der Waals surface area contributed by atoms with E-state index in [4.69, 9.17) is 9.73 Å². The van der Waals surface area contributed by atoms with E-state index in [2.05, 4.69) is 41.6 Å². The molecule has 1 aromatic heterocycles. The minimum atomic E-state index is 0.602. The lowest BCUT2D eigenvalue weighted by Crippen LogP contribution is -2.38. The van der Waals surface area contributed by atoms with Crippen LogP contribution in [0.3, 0.4) is 0 Å². The fraction of sp³-hybridized carbons (Fsp3) is 0.455. The van der Waals surface area contributed by atoms with Gasteiger partial charge in [0.05, 0.1) is 13.2 Å². The van der Waals surface area contributed by atoms with Crippen LogP contribution >= 0.6 is 0 Å². The molecule has 0 radical (unpaired) electrons. The monoisotopic (exact) mass is 366 g/mol. The van der Waals surface area contributed by atoms with Crippen molar-refractivity contribution in [3.8, 4) is 5.75 Å². The van der Waals surface area contributed by atoms with Gasteiger partial charge < -0.3 is 15.4 Å². The number of aromatic nitrogens is 1. The lowest BCUT2D eigenvalue weighted by atomic mass is 10.1. The number of aryl methyl sites for hydroxylation is 1. The largest absolute Gasteiger partial charge is 0.493 e. The van der Waals surface area contributed by atoms with Crippen LogP contribution < -0.4 is 15.4 Å². The van der Waals surface area contributed by atoms with Gasteiger partial charge in [-0.3, -0.25) is 4.98 Å². The van der Waals surface area contributed by atoms with Crippen molar-refractivity contribution in [1.82, 2.24) is 15.6 Å². The van der Waals surface area contributed by atoms with Gasteiger partial charge in [-0.1, -0.05) is 18.2 Å². The number of aliphatic imine (C=N–C) groups is 1. The second kappa shape index (κ2) is 9.95. The molecule has 1 aromatic carbocycles. The molecule has 144 valence electrons. The van der Waals surface area contributed by atoms with E-state index in [1.807, 2.05) is 30.6 Å². The first-order valence-corrected chi connectivity index (χ1v) is 9.88. The molecule has 0 spiro atoms. The Morgan fingerprint density at radius 2 is 2.04 bits per heavy atom. The average molecular weight is 367 g/mol. The number of para-hydroxylation sites is 1. The Morgan fingerprint density at radius 3 is 2.81 bits per heavy atom. The summed E-state index contributed by atoms with van der Waals surface area (Å²) in [5.74, 6) is 2.54. The minimum Gasteiger partial charge on any atom is -0.493 e. The van der Waals surface area contributed by atoms with E-state index < -0.39 is 0 Å². The van der Waals surface area contributed by atoms with Crippen LogP contribution in [-0.2, 0) is 13.0 Å². The van der Waals surface area contributed by atoms with Crippen LogP contribution in [0.25, 0.3) is 0 Å². The Morgan fingerprint density at radius 1 is 1.19 bits per heavy atom. The number of hydrogen-bond donors (Lipinski definition) is 2. The van der Waals surface area contributed by atoms with E-state index in [0.29, 0.717) is 6.54 Å². The SMILES string of the molecule is CCNC(=NCc1ccccc1OCC1CC1)NCCc1ccncc1C. The summed E-state index contributed by atoms with van der Waals surface area (Å²) in [6.07, 6.45) is 7.30. The Balaban J connectivity index is 1.56. The van der Waals surface area contributed by atoms with Crippen LogP contribution in [0.5, 0.6) is 5.75 Å². The molecule has 0 atom stereocenters. The molecule has 1 aliphatic carbocycles. The highest BCUT2D eigenvalue weighted by atomic mass is 16.5. The van der Waals surface area contributed by atoms with Crippen LogP contribution in [-0.4, -0.2) is 30.6 Å². The van der Waals surface area contributed by atoms with Gasteiger partial charge in [0.15, 0.2) is 5.96 Å². The summed E-state index contributed by atoms with van der Waals surface area (Å²) in [5.41, 5.74) is 3.66. The van der Waals surface area contributed by atoms with Gasteiger partial charge in [-0.15, -0.1) is 0 Å². The normalized spacial score (nSPS) is 14.1. The van der Waals surface area contributed by atoms with Gasteiger partial charge in [-0.05, 0) is 62.3 Å². The molecule has 1 heterocycles. The predicted octanol–water partition coefficient (Wildman–Crippen LogP) is 3.48. The van der Waals surface area contributed by atoms with E-state index in [1.165, 1.54) is 24.0 Å². The molecule has 0 aliphatic heterocycles. The maximum Gasteiger partial charge on any atom is 0.191 e. The summed E-state index contributed by atoms with van der Waals surface area (Å²) in [6.45, 7) is 7.27. The molecule has 0 saturated heterocycles. The lowest BCUT2D eigenvalue weighted by molar-refractivity contribution is 0.297. The van der Waals surface area contributed by atoms with Gasteiger partial charge in [0.1, 0.15) is 5.75 Å². The van der Waals surface area contributed by atoms with Crippen LogP contribution in [0.1, 0.15) is 36.5 Å². The third-order valence-electron chi connectivity index (χ3n) is 4.72. The van der Waals surface area contributed by atoms with Gasteiger partial charge in [-0.25, -0.2) is 4.99 Å². The van der Waals surface area contributed by atoms with Crippen LogP contribution in [0.4, 0.5) is 0 Å². The number of guanidine groups is 1. The Labute approximate surface area is 162 Å². The van der Waals surface area contributed by atoms with Crippen molar-refractivity contribution in [3.63, 3.8) is 0 Å². The number of hydrogen-bond acceptors (Lipinski definition) is 3. The van der Waals surface area contributed by atoms with Crippen molar-refractivity contribution in [2.45, 2.75) is 39.7 Å². The second-order valence-corrected chi connectivity index (χ2v) is 7.04. The molecule has 2 aromatic rings. The third kappa shape index (κ3) is 6.27. The maximum atomic E-state index is 5.99. The number of rotatable bonds is 9. The van der Waals surface area contributed by atoms with Crippen molar-refractivity contribution in [2.75, 3.05) is 19.7 Å². The molecule has 0 bridgehead atoms. The molecule has 2 N–H and O–H groups in total. The van der Waals surface area contributed by atoms with Gasteiger partial charge in [0.2, 0.25) is 0 Å². The average Bonchev–Trinajstić information content (AvgIpc) is 3.51. The molecule has 0 unspecified atom stereocenters. The first-order valence-electron chi connectivity index (χ1n) is 9.88. The van der Waals surface area contributed by atoms with E-state index >= 15 is 0 Å². The Kier molecular flexibility index (Phi) is 7.08. The summed E-state index contributed by atoms with van der Waals surface area (Å²) in [5, 5.41) is 6.74. The molecule has 3 rings (SSSR count). The lowest BCUT2D eigenvalue weighted by Gasteiger charge is -2.13. The number of nitrogens with one attached hydrogen (secondary N) is 2. The highest BCUT2D eigenvalue weighted by Crippen LogP contribution is 2.30. The second-order valence-electron chi connectivity index (χ2n) is 7.04. The molecular weight excluding hydrogens is 336 g/mol. The zero-order chi connectivity index (χ0) is 18.9. The number of nitrogens with zero attached hydrogens (tertiary/aromatic N) is 2. The van der Waals surface area contributed by atoms with E-state index in [0.717, 1.165) is 49.3 Å². The van der Waals surface area contributed by atoms with Gasteiger partial charge in [-0.2, -0.15) is 0 Å². The van der Waals surface area contributed by atoms with Gasteiger partial charge in [0, 0.05) is 31.0 Å². The highest BCUT2D eigenvalue weighted by Gasteiger charge is 2.22. The van der Waals surface area contributed by atoms with E-state index in [-0.39, 0.29) is 0 Å². The van der Waals surface area contributed by atoms with Crippen molar-refractivity contribution in [2.24, 2.45) is 10.9 Å². The summed E-state index contributed by atoms with van der Waals surface area (Å²) in [4.78, 5) is 8.89. The van der Waals surface area contributed by atoms with E-state index in [1.54, 1.807) is 0 Å². The van der Waals surface area contributed by atoms with Crippen molar-refractivity contribution < 1.29 is 4.74 Å². The fourth-order valence-corrected chi connectivity index (χ4v) is 2.87. The zero-order valence-corrected chi connectivity index (χ0v) is 16.4. The smallest absolute Gasteiger partial charge is 0.191 e. The first kappa shape index (κ1) is 19.2. The van der Waals surface area contributed by atoms with Crippen LogP contribution in [0.15, 0.2) is 47.7 Å². The van der Waals surface area contributed by atoms with E-state index in [9.17, 15) is 0 Å². The molecule has 0 amide bonds. The zero-order valence-electron chi connectivity index (χ0n) is 16.4. The summed E-state index contributed by atoms with van der Waals surface area (Å²) in [6, 6.07) is 10.3. The van der Waals surface area contributed by atoms with Crippen molar-refractivity contribution >= 4 is 5.96 Å². The first-order chi connectivity index (χ1) is 13.3. The number of ether oxygens (including phenoxy) is 1. The van der Waals surface area contributed by atoms with Crippen molar-refractivity contribution in [1.29, 1.82) is 0 Å². The molecule has 27 heavy (non-hydrogen) atoms. The predicted molar refractivity (Wildman–Crippen MR) is 110 cm³/mol. The topological polar surface area (TPSA) is 58.5 Å². The Hall–Kier alpha value is -2.56. The molecular formula is C22H30N4O. The fourth-order valence-electron chi connectivity index (χ4n) is 2.87. The molecule has 1 aliphatic rings. The quantitative estimate of drug-likeness (QED) is 0.527. The Bertz CT molecular complexity index is 755. The van der Waals surface area contributed by atoms with Gasteiger partial charge >= 0.3 is 0 Å². The number of benzene rings is 1. The van der Waals surface area contributed by atoms with Crippen LogP contribution in [0.2, 0.25) is 0 Å². The maximum absolute atomic E-state index is 5.99. The van der Waals surface area contributed by atoms with Crippen LogP contribution in [0, 0.1) is 12.8 Å². The molecule has 1 saturated carbocycles.